The third-order valence-corrected chi connectivity index (χ3v) is 3.38. The van der Waals surface area contributed by atoms with Gasteiger partial charge in [-0.05, 0) is 0 Å². The molecule has 0 radical (unpaired) electrons. The van der Waals surface area contributed by atoms with Gasteiger partial charge in [0.2, 0.25) is 11.9 Å². The Kier molecular flexibility index (Phi) is 4.11. The third kappa shape index (κ3) is 3.19. The van der Waals surface area contributed by atoms with Gasteiger partial charge in [-0.3, -0.25) is 0 Å². The number of aromatic nitrogens is 3. The average molecular weight is 294 g/mol. The van der Waals surface area contributed by atoms with Gasteiger partial charge >= 0.3 is 0 Å². The van der Waals surface area contributed by atoms with Crippen molar-refractivity contribution >= 4 is 17.9 Å². The summed E-state index contributed by atoms with van der Waals surface area (Å²) >= 11 is 0. The second kappa shape index (κ2) is 6.19. The molecule has 0 unspecified atom stereocenters. The predicted molar refractivity (Wildman–Crippen MR) is 70.2 cm³/mol. The summed E-state index contributed by atoms with van der Waals surface area (Å²) in [5.74, 6) is -1.03. The first-order chi connectivity index (χ1) is 10.2. The molecule has 0 N–H and O–H groups in total. The largest absolute Gasteiger partial charge is 0.541 e. The monoisotopic (exact) mass is 294 g/mol. The number of carboxylic acid groups (broad SMARTS) is 1. The van der Waals surface area contributed by atoms with Gasteiger partial charge in [-0.15, -0.1) is 0 Å². The molecular formula is C12H16N5O4-. The molecule has 1 aromatic heterocycles. The standard InChI is InChI=1S/C12H17N5O4/c18-10(19)9-13-11(16-1-5-20-6-2-16)15-12(14-9)17-3-7-21-8-4-17/h1-8H2,(H,18,19)/p-1. The molecule has 114 valence electrons. The van der Waals surface area contributed by atoms with E-state index in [9.17, 15) is 9.90 Å². The van der Waals surface area contributed by atoms with E-state index in [0.29, 0.717) is 64.5 Å². The predicted octanol–water partition coefficient (Wildman–Crippen LogP) is -2.09. The summed E-state index contributed by atoms with van der Waals surface area (Å²) < 4.78 is 10.6. The van der Waals surface area contributed by atoms with Crippen LogP contribution < -0.4 is 14.9 Å². The fraction of sp³-hybridized carbons (Fsp3) is 0.667. The lowest BCUT2D eigenvalue weighted by Crippen LogP contribution is -2.41. The van der Waals surface area contributed by atoms with Crippen LogP contribution in [0.25, 0.3) is 0 Å². The van der Waals surface area contributed by atoms with Crippen LogP contribution in [0, 0.1) is 0 Å². The Morgan fingerprint density at radius 1 is 0.857 bits per heavy atom. The number of aromatic carboxylic acids is 1. The summed E-state index contributed by atoms with van der Waals surface area (Å²) in [6, 6.07) is 0. The number of carboxylic acids is 1. The molecule has 3 rings (SSSR count). The number of rotatable bonds is 3. The normalized spacial score (nSPS) is 19.6. The van der Waals surface area contributed by atoms with Crippen molar-refractivity contribution in [2.24, 2.45) is 0 Å². The molecule has 0 bridgehead atoms. The molecule has 9 nitrogen and oxygen atoms in total. The van der Waals surface area contributed by atoms with Crippen molar-refractivity contribution in [1.29, 1.82) is 0 Å². The first-order valence-corrected chi connectivity index (χ1v) is 6.87. The van der Waals surface area contributed by atoms with E-state index in [1.54, 1.807) is 0 Å². The third-order valence-electron chi connectivity index (χ3n) is 3.38. The Morgan fingerprint density at radius 2 is 1.29 bits per heavy atom. The van der Waals surface area contributed by atoms with Gasteiger partial charge < -0.3 is 29.2 Å². The molecule has 9 heteroatoms. The van der Waals surface area contributed by atoms with E-state index in [4.69, 9.17) is 9.47 Å². The SMILES string of the molecule is O=C([O-])c1nc(N2CCOCC2)nc(N2CCOCC2)n1. The molecule has 2 aliphatic heterocycles. The Hall–Kier alpha value is -2.00. The summed E-state index contributed by atoms with van der Waals surface area (Å²) in [6.07, 6.45) is 0. The van der Waals surface area contributed by atoms with Crippen molar-refractivity contribution in [3.8, 4) is 0 Å². The van der Waals surface area contributed by atoms with Crippen molar-refractivity contribution in [3.05, 3.63) is 5.82 Å². The minimum absolute atomic E-state index is 0.340. The number of hydrogen-bond acceptors (Lipinski definition) is 9. The van der Waals surface area contributed by atoms with Crippen LogP contribution in [0.5, 0.6) is 0 Å². The minimum atomic E-state index is -1.40. The topological polar surface area (TPSA) is 104 Å². The van der Waals surface area contributed by atoms with E-state index in [-0.39, 0.29) is 5.82 Å². The van der Waals surface area contributed by atoms with Crippen LogP contribution in [-0.2, 0) is 9.47 Å². The highest BCUT2D eigenvalue weighted by Gasteiger charge is 2.20. The highest BCUT2D eigenvalue weighted by molar-refractivity contribution is 5.81. The molecule has 2 fully saturated rings. The first-order valence-electron chi connectivity index (χ1n) is 6.87. The summed E-state index contributed by atoms with van der Waals surface area (Å²) in [7, 11) is 0. The van der Waals surface area contributed by atoms with Crippen molar-refractivity contribution < 1.29 is 19.4 Å². The van der Waals surface area contributed by atoms with Gasteiger partial charge in [-0.25, -0.2) is 0 Å². The van der Waals surface area contributed by atoms with Crippen LogP contribution in [-0.4, -0.2) is 73.5 Å². The van der Waals surface area contributed by atoms with Gasteiger partial charge in [0.1, 0.15) is 5.97 Å². The molecule has 3 heterocycles. The molecule has 2 saturated heterocycles. The molecule has 21 heavy (non-hydrogen) atoms. The molecule has 0 atom stereocenters. The van der Waals surface area contributed by atoms with Gasteiger partial charge in [0, 0.05) is 26.2 Å². The molecule has 0 aliphatic carbocycles. The van der Waals surface area contributed by atoms with E-state index in [2.05, 4.69) is 15.0 Å². The zero-order chi connectivity index (χ0) is 14.7. The summed E-state index contributed by atoms with van der Waals surface area (Å²) in [4.78, 5) is 27.3. The molecule has 0 amide bonds. The second-order valence-electron chi connectivity index (χ2n) is 4.75. The number of hydrogen-bond donors (Lipinski definition) is 0. The van der Waals surface area contributed by atoms with Crippen LogP contribution in [0.3, 0.4) is 0 Å². The molecule has 0 saturated carbocycles. The van der Waals surface area contributed by atoms with E-state index in [1.165, 1.54) is 0 Å². The highest BCUT2D eigenvalue weighted by atomic mass is 16.5. The van der Waals surface area contributed by atoms with Crippen LogP contribution in [0.2, 0.25) is 0 Å². The molecule has 0 aromatic carbocycles. The summed E-state index contributed by atoms with van der Waals surface area (Å²) in [5.41, 5.74) is 0. The number of anilines is 2. The lowest BCUT2D eigenvalue weighted by Gasteiger charge is -2.30. The Labute approximate surface area is 121 Å². The zero-order valence-electron chi connectivity index (χ0n) is 11.5. The summed E-state index contributed by atoms with van der Waals surface area (Å²) in [5, 5.41) is 11.1. The van der Waals surface area contributed by atoms with Crippen LogP contribution in [0.4, 0.5) is 11.9 Å². The Morgan fingerprint density at radius 3 is 1.67 bits per heavy atom. The number of nitrogens with zero attached hydrogens (tertiary/aromatic N) is 5. The molecular weight excluding hydrogens is 278 g/mol. The van der Waals surface area contributed by atoms with Crippen molar-refractivity contribution in [2.75, 3.05) is 62.4 Å². The quantitative estimate of drug-likeness (QED) is 0.620. The van der Waals surface area contributed by atoms with Gasteiger partial charge in [0.25, 0.3) is 0 Å². The molecule has 2 aliphatic rings. The first kappa shape index (κ1) is 14.0. The Bertz CT molecular complexity index is 478. The summed E-state index contributed by atoms with van der Waals surface area (Å²) in [6.45, 7) is 4.77. The number of morpholine rings is 2. The van der Waals surface area contributed by atoms with E-state index in [1.807, 2.05) is 9.80 Å². The average Bonchev–Trinajstić information content (AvgIpc) is 2.56. The second-order valence-corrected chi connectivity index (χ2v) is 4.75. The maximum Gasteiger partial charge on any atom is 0.230 e. The van der Waals surface area contributed by atoms with Gasteiger partial charge in [0.05, 0.1) is 26.4 Å². The van der Waals surface area contributed by atoms with Gasteiger partial charge in [-0.2, -0.15) is 15.0 Å². The fourth-order valence-corrected chi connectivity index (χ4v) is 2.25. The number of carbonyl (C=O) groups excluding carboxylic acids is 1. The minimum Gasteiger partial charge on any atom is -0.541 e. The lowest BCUT2D eigenvalue weighted by molar-refractivity contribution is -0.256. The van der Waals surface area contributed by atoms with Crippen LogP contribution in [0.15, 0.2) is 0 Å². The maximum absolute atomic E-state index is 11.1. The zero-order valence-corrected chi connectivity index (χ0v) is 11.5. The maximum atomic E-state index is 11.1. The van der Waals surface area contributed by atoms with E-state index < -0.39 is 5.97 Å². The number of carbonyl (C=O) groups is 1. The van der Waals surface area contributed by atoms with Crippen molar-refractivity contribution in [2.45, 2.75) is 0 Å². The van der Waals surface area contributed by atoms with Crippen molar-refractivity contribution in [3.63, 3.8) is 0 Å². The van der Waals surface area contributed by atoms with Gasteiger partial charge in [-0.1, -0.05) is 0 Å². The van der Waals surface area contributed by atoms with Crippen molar-refractivity contribution in [1.82, 2.24) is 15.0 Å². The fourth-order valence-electron chi connectivity index (χ4n) is 2.25. The molecule has 0 spiro atoms. The van der Waals surface area contributed by atoms with Crippen LogP contribution in [0.1, 0.15) is 10.6 Å². The van der Waals surface area contributed by atoms with Crippen LogP contribution >= 0.6 is 0 Å². The van der Waals surface area contributed by atoms with Gasteiger partial charge in [0.15, 0.2) is 5.82 Å². The van der Waals surface area contributed by atoms with E-state index in [0.717, 1.165) is 0 Å². The lowest BCUT2D eigenvalue weighted by atomic mass is 10.4. The van der Waals surface area contributed by atoms with E-state index >= 15 is 0 Å². The highest BCUT2D eigenvalue weighted by Crippen LogP contribution is 2.16. The Balaban J connectivity index is 1.91. The molecule has 1 aromatic rings. The smallest absolute Gasteiger partial charge is 0.230 e. The number of ether oxygens (including phenoxy) is 2.